The molecule has 0 heterocycles. The van der Waals surface area contributed by atoms with E-state index in [1.165, 1.54) is 11.1 Å². The summed E-state index contributed by atoms with van der Waals surface area (Å²) in [5.41, 5.74) is 2.35. The molecule has 2 nitrogen and oxygen atoms in total. The fourth-order valence-corrected chi connectivity index (χ4v) is 3.41. The van der Waals surface area contributed by atoms with E-state index in [1.54, 1.807) is 0 Å². The Bertz CT molecular complexity index is 337. The Hall–Kier alpha value is -0.383. The fourth-order valence-electron chi connectivity index (χ4n) is 2.02. The van der Waals surface area contributed by atoms with Crippen molar-refractivity contribution in [3.05, 3.63) is 23.8 Å². The highest BCUT2D eigenvalue weighted by atomic mass is 28.4. The van der Waals surface area contributed by atoms with Crippen LogP contribution in [0.4, 0.5) is 0 Å². The van der Waals surface area contributed by atoms with E-state index in [1.807, 2.05) is 6.08 Å². The third-order valence-electron chi connectivity index (χ3n) is 4.27. The number of aliphatic hydroxyl groups is 1. The first-order chi connectivity index (χ1) is 8.17. The van der Waals surface area contributed by atoms with Gasteiger partial charge in [0.1, 0.15) is 0 Å². The van der Waals surface area contributed by atoms with E-state index >= 15 is 0 Å². The quantitative estimate of drug-likeness (QED) is 0.783. The van der Waals surface area contributed by atoms with Crippen LogP contribution in [0.15, 0.2) is 23.8 Å². The first-order valence-electron chi connectivity index (χ1n) is 6.83. The monoisotopic (exact) mass is 268 g/mol. The van der Waals surface area contributed by atoms with Crippen LogP contribution >= 0.6 is 0 Å². The van der Waals surface area contributed by atoms with E-state index in [0.717, 1.165) is 19.3 Å². The molecule has 0 saturated heterocycles. The Kier molecular flexibility index (Phi) is 4.98. The zero-order valence-corrected chi connectivity index (χ0v) is 13.5. The van der Waals surface area contributed by atoms with E-state index in [4.69, 9.17) is 9.53 Å². The summed E-state index contributed by atoms with van der Waals surface area (Å²) in [6.07, 6.45) is 5.14. The summed E-state index contributed by atoms with van der Waals surface area (Å²) in [7, 11) is -1.69. The van der Waals surface area contributed by atoms with Gasteiger partial charge in [-0.1, -0.05) is 39.0 Å². The van der Waals surface area contributed by atoms with Crippen LogP contribution in [0.1, 0.15) is 40.0 Å². The highest BCUT2D eigenvalue weighted by Gasteiger charge is 2.39. The Morgan fingerprint density at radius 2 is 2.06 bits per heavy atom. The zero-order chi connectivity index (χ0) is 14.0. The van der Waals surface area contributed by atoms with Gasteiger partial charge in [-0.25, -0.2) is 0 Å². The number of rotatable bonds is 3. The molecule has 1 N–H and O–H groups in total. The molecule has 0 amide bonds. The lowest BCUT2D eigenvalue weighted by Crippen LogP contribution is -2.44. The van der Waals surface area contributed by atoms with Gasteiger partial charge in [-0.2, -0.15) is 0 Å². The van der Waals surface area contributed by atoms with Crippen LogP contribution in [0.3, 0.4) is 0 Å². The topological polar surface area (TPSA) is 29.5 Å². The molecule has 1 aliphatic rings. The van der Waals surface area contributed by atoms with Crippen LogP contribution in [-0.4, -0.2) is 26.1 Å². The molecule has 3 heteroatoms. The molecular weight excluding hydrogens is 240 g/mol. The number of allylic oxidation sites excluding steroid dienone is 1. The molecule has 104 valence electrons. The van der Waals surface area contributed by atoms with Gasteiger partial charge in [-0.3, -0.25) is 0 Å². The Balaban J connectivity index is 2.70. The molecule has 1 fully saturated rings. The van der Waals surface area contributed by atoms with Crippen LogP contribution in [0.25, 0.3) is 0 Å². The third kappa shape index (κ3) is 3.80. The second-order valence-electron chi connectivity index (χ2n) is 6.76. The van der Waals surface area contributed by atoms with Crippen molar-refractivity contribution >= 4 is 8.32 Å². The Labute approximate surface area is 113 Å². The van der Waals surface area contributed by atoms with Crippen molar-refractivity contribution in [2.24, 2.45) is 0 Å². The van der Waals surface area contributed by atoms with Gasteiger partial charge in [-0.05, 0) is 43.0 Å². The van der Waals surface area contributed by atoms with Crippen LogP contribution in [0.2, 0.25) is 18.1 Å². The zero-order valence-electron chi connectivity index (χ0n) is 12.5. The maximum absolute atomic E-state index is 9.03. The second kappa shape index (κ2) is 5.72. The maximum Gasteiger partial charge on any atom is 0.192 e. The smallest absolute Gasteiger partial charge is 0.192 e. The van der Waals surface area contributed by atoms with Crippen molar-refractivity contribution in [2.45, 2.75) is 64.3 Å². The van der Waals surface area contributed by atoms with Gasteiger partial charge >= 0.3 is 0 Å². The van der Waals surface area contributed by atoms with Crippen LogP contribution in [0, 0.1) is 0 Å². The molecule has 0 unspecified atom stereocenters. The Morgan fingerprint density at radius 3 is 2.56 bits per heavy atom. The molecule has 1 atom stereocenters. The van der Waals surface area contributed by atoms with Gasteiger partial charge in [0, 0.05) is 6.10 Å². The van der Waals surface area contributed by atoms with Crippen molar-refractivity contribution in [1.82, 2.24) is 0 Å². The summed E-state index contributed by atoms with van der Waals surface area (Å²) >= 11 is 0. The van der Waals surface area contributed by atoms with Crippen molar-refractivity contribution in [2.75, 3.05) is 6.61 Å². The summed E-state index contributed by atoms with van der Waals surface area (Å²) in [6.45, 7) is 15.6. The van der Waals surface area contributed by atoms with Gasteiger partial charge in [0.25, 0.3) is 0 Å². The van der Waals surface area contributed by atoms with Crippen molar-refractivity contribution in [3.8, 4) is 0 Å². The number of aliphatic hydroxyl groups excluding tert-OH is 1. The van der Waals surface area contributed by atoms with Gasteiger partial charge < -0.3 is 9.53 Å². The predicted molar refractivity (Wildman–Crippen MR) is 80.2 cm³/mol. The highest BCUT2D eigenvalue weighted by molar-refractivity contribution is 6.74. The van der Waals surface area contributed by atoms with E-state index in [9.17, 15) is 0 Å². The third-order valence-corrected chi connectivity index (χ3v) is 8.81. The molecule has 18 heavy (non-hydrogen) atoms. The van der Waals surface area contributed by atoms with Crippen LogP contribution < -0.4 is 0 Å². The highest BCUT2D eigenvalue weighted by Crippen LogP contribution is 2.40. The molecule has 0 spiro atoms. The molecule has 0 aliphatic heterocycles. The van der Waals surface area contributed by atoms with Crippen LogP contribution in [-0.2, 0) is 4.43 Å². The summed E-state index contributed by atoms with van der Waals surface area (Å²) in [5.74, 6) is 0. The molecule has 0 bridgehead atoms. The lowest BCUT2D eigenvalue weighted by Gasteiger charge is -2.41. The first kappa shape index (κ1) is 15.7. The molecule has 0 aromatic rings. The fraction of sp³-hybridized carbons (Fsp3) is 0.733. The molecule has 0 aromatic heterocycles. The summed E-state index contributed by atoms with van der Waals surface area (Å²) in [4.78, 5) is 0. The van der Waals surface area contributed by atoms with E-state index < -0.39 is 8.32 Å². The maximum atomic E-state index is 9.03. The average Bonchev–Trinajstić information content (AvgIpc) is 2.21. The van der Waals surface area contributed by atoms with Crippen LogP contribution in [0.5, 0.6) is 0 Å². The van der Waals surface area contributed by atoms with E-state index in [2.05, 4.69) is 40.4 Å². The summed E-state index contributed by atoms with van der Waals surface area (Å²) < 4.78 is 6.44. The van der Waals surface area contributed by atoms with Gasteiger partial charge in [0.15, 0.2) is 8.32 Å². The molecule has 1 aliphatic carbocycles. The van der Waals surface area contributed by atoms with Crippen molar-refractivity contribution in [1.29, 1.82) is 0 Å². The molecule has 1 rings (SSSR count). The molecule has 1 saturated carbocycles. The van der Waals surface area contributed by atoms with Gasteiger partial charge in [0.05, 0.1) is 6.61 Å². The molecule has 0 radical (unpaired) electrons. The summed E-state index contributed by atoms with van der Waals surface area (Å²) in [6, 6.07) is 0. The van der Waals surface area contributed by atoms with E-state index in [0.29, 0.717) is 6.10 Å². The van der Waals surface area contributed by atoms with Gasteiger partial charge in [-0.15, -0.1) is 0 Å². The standard InChI is InChI=1S/C15H28O2Si/c1-12-7-8-14(11-13(12)9-10-16)17-18(5,6)15(2,3)4/h9,14,16H,1,7-8,10-11H2,2-6H3/b13-9-/t14-/m1/s1. The lowest BCUT2D eigenvalue weighted by atomic mass is 9.88. The normalized spacial score (nSPS) is 24.7. The average molecular weight is 268 g/mol. The minimum atomic E-state index is -1.69. The predicted octanol–water partition coefficient (Wildman–Crippen LogP) is 4.04. The minimum absolute atomic E-state index is 0.0984. The SMILES string of the molecule is C=C1CC[C@@H](O[Si](C)(C)C(C)(C)C)C/C1=C/CO. The van der Waals surface area contributed by atoms with Gasteiger partial charge in [0.2, 0.25) is 0 Å². The number of hydrogen-bond donors (Lipinski definition) is 1. The lowest BCUT2D eigenvalue weighted by molar-refractivity contribution is 0.164. The van der Waals surface area contributed by atoms with E-state index in [-0.39, 0.29) is 11.6 Å². The first-order valence-corrected chi connectivity index (χ1v) is 9.74. The Morgan fingerprint density at radius 1 is 1.44 bits per heavy atom. The largest absolute Gasteiger partial charge is 0.414 e. The number of hydrogen-bond acceptors (Lipinski definition) is 2. The minimum Gasteiger partial charge on any atom is -0.414 e. The van der Waals surface area contributed by atoms with Crippen molar-refractivity contribution < 1.29 is 9.53 Å². The summed E-state index contributed by atoms with van der Waals surface area (Å²) in [5, 5.41) is 9.29. The molecular formula is C15H28O2Si. The molecule has 0 aromatic carbocycles. The second-order valence-corrected chi connectivity index (χ2v) is 11.5. The van der Waals surface area contributed by atoms with Crippen molar-refractivity contribution in [3.63, 3.8) is 0 Å².